The minimum atomic E-state index is -0.136. The van der Waals surface area contributed by atoms with Crippen molar-refractivity contribution in [1.82, 2.24) is 0 Å². The van der Waals surface area contributed by atoms with E-state index in [-0.39, 0.29) is 5.91 Å². The topological polar surface area (TPSA) is 41.6 Å². The van der Waals surface area contributed by atoms with E-state index in [0.29, 0.717) is 6.61 Å². The third-order valence-electron chi connectivity index (χ3n) is 4.28. The molecule has 0 spiro atoms. The maximum Gasteiger partial charge on any atom is 0.248 e. The Morgan fingerprint density at radius 3 is 2.58 bits per heavy atom. The molecule has 1 fully saturated rings. The Kier molecular flexibility index (Phi) is 6.09. The van der Waals surface area contributed by atoms with Gasteiger partial charge in [0.05, 0.1) is 11.4 Å². The number of benzene rings is 2. The number of ether oxygens (including phenoxy) is 1. The van der Waals surface area contributed by atoms with Crippen LogP contribution in [0.4, 0.5) is 11.4 Å². The second kappa shape index (κ2) is 8.90. The second-order valence-electron chi connectivity index (χ2n) is 6.20. The van der Waals surface area contributed by atoms with Gasteiger partial charge in [0.25, 0.3) is 0 Å². The highest BCUT2D eigenvalue weighted by molar-refractivity contribution is 6.03. The van der Waals surface area contributed by atoms with Gasteiger partial charge in [0.15, 0.2) is 0 Å². The predicted molar refractivity (Wildman–Crippen MR) is 108 cm³/mol. The average Bonchev–Trinajstić information content (AvgIpc) is 3.20. The summed E-state index contributed by atoms with van der Waals surface area (Å²) in [6.07, 6.45) is 7.47. The molecule has 0 aromatic heterocycles. The van der Waals surface area contributed by atoms with Gasteiger partial charge < -0.3 is 15.0 Å². The van der Waals surface area contributed by atoms with Gasteiger partial charge in [-0.2, -0.15) is 0 Å². The molecule has 4 heteroatoms. The Morgan fingerprint density at radius 2 is 1.85 bits per heavy atom. The zero-order chi connectivity index (χ0) is 18.2. The fourth-order valence-electron chi connectivity index (χ4n) is 2.99. The number of para-hydroxylation sites is 2. The van der Waals surface area contributed by atoms with Gasteiger partial charge in [-0.15, -0.1) is 0 Å². The number of rotatable bonds is 7. The maximum absolute atomic E-state index is 12.3. The molecule has 1 aliphatic rings. The highest BCUT2D eigenvalue weighted by Gasteiger charge is 2.15. The van der Waals surface area contributed by atoms with Crippen LogP contribution in [-0.4, -0.2) is 25.6 Å². The molecule has 1 N–H and O–H groups in total. The van der Waals surface area contributed by atoms with Gasteiger partial charge >= 0.3 is 0 Å². The summed E-state index contributed by atoms with van der Waals surface area (Å²) in [6, 6.07) is 15.6. The summed E-state index contributed by atoms with van der Waals surface area (Å²) in [6.45, 7) is 6.19. The van der Waals surface area contributed by atoms with Crippen molar-refractivity contribution in [3.05, 3.63) is 72.8 Å². The molecular weight excluding hydrogens is 324 g/mol. The maximum atomic E-state index is 12.3. The lowest BCUT2D eigenvalue weighted by Crippen LogP contribution is -2.20. The van der Waals surface area contributed by atoms with Gasteiger partial charge in [0, 0.05) is 19.2 Å². The van der Waals surface area contributed by atoms with Crippen molar-refractivity contribution in [2.75, 3.05) is 29.9 Å². The first-order valence-electron chi connectivity index (χ1n) is 8.93. The van der Waals surface area contributed by atoms with E-state index in [4.69, 9.17) is 4.74 Å². The molecule has 134 valence electrons. The van der Waals surface area contributed by atoms with Crippen LogP contribution in [0.15, 0.2) is 67.3 Å². The molecule has 3 rings (SSSR count). The van der Waals surface area contributed by atoms with Crippen LogP contribution in [-0.2, 0) is 4.79 Å². The standard InChI is InChI=1S/C22H24N2O2/c1-2-17-26-19-12-9-18(10-13-19)11-14-22(25)23-20-7-3-4-8-21(20)24-15-5-6-16-24/h2-4,7-14H,1,5-6,15-17H2,(H,23,25)/b14-11+. The lowest BCUT2D eigenvalue weighted by molar-refractivity contribution is -0.111. The molecule has 4 nitrogen and oxygen atoms in total. The van der Waals surface area contributed by atoms with Gasteiger partial charge in [-0.25, -0.2) is 0 Å². The summed E-state index contributed by atoms with van der Waals surface area (Å²) in [5.74, 6) is 0.648. The van der Waals surface area contributed by atoms with Gasteiger partial charge in [-0.05, 0) is 48.7 Å². The van der Waals surface area contributed by atoms with Crippen LogP contribution < -0.4 is 15.0 Å². The first-order valence-corrected chi connectivity index (χ1v) is 8.93. The molecule has 2 aromatic carbocycles. The van der Waals surface area contributed by atoms with E-state index in [2.05, 4.69) is 22.9 Å². The zero-order valence-corrected chi connectivity index (χ0v) is 14.9. The SMILES string of the molecule is C=CCOc1ccc(/C=C/C(=O)Nc2ccccc2N2CCCC2)cc1. The van der Waals surface area contributed by atoms with Crippen molar-refractivity contribution in [2.45, 2.75) is 12.8 Å². The molecule has 0 bridgehead atoms. The van der Waals surface area contributed by atoms with Crippen molar-refractivity contribution in [3.8, 4) is 5.75 Å². The molecule has 1 aliphatic heterocycles. The van der Waals surface area contributed by atoms with Crippen molar-refractivity contribution in [2.24, 2.45) is 0 Å². The van der Waals surface area contributed by atoms with Crippen LogP contribution >= 0.6 is 0 Å². The van der Waals surface area contributed by atoms with E-state index in [0.717, 1.165) is 35.8 Å². The monoisotopic (exact) mass is 348 g/mol. The number of carbonyl (C=O) groups excluding carboxylic acids is 1. The molecule has 0 aliphatic carbocycles. The van der Waals surface area contributed by atoms with Crippen molar-refractivity contribution < 1.29 is 9.53 Å². The van der Waals surface area contributed by atoms with Gasteiger partial charge in [0.1, 0.15) is 12.4 Å². The second-order valence-corrected chi connectivity index (χ2v) is 6.20. The summed E-state index contributed by atoms with van der Waals surface area (Å²) in [5, 5.41) is 2.99. The molecule has 0 radical (unpaired) electrons. The van der Waals surface area contributed by atoms with Crippen LogP contribution in [0, 0.1) is 0 Å². The molecule has 0 atom stereocenters. The van der Waals surface area contributed by atoms with E-state index in [9.17, 15) is 4.79 Å². The van der Waals surface area contributed by atoms with Gasteiger partial charge in [-0.3, -0.25) is 4.79 Å². The minimum absolute atomic E-state index is 0.136. The Labute approximate surface area is 154 Å². The molecule has 2 aromatic rings. The Morgan fingerprint density at radius 1 is 1.12 bits per heavy atom. The average molecular weight is 348 g/mol. The van der Waals surface area contributed by atoms with Crippen LogP contribution in [0.3, 0.4) is 0 Å². The quantitative estimate of drug-likeness (QED) is 0.591. The fourth-order valence-corrected chi connectivity index (χ4v) is 2.99. The van der Waals surface area contributed by atoms with E-state index >= 15 is 0 Å². The van der Waals surface area contributed by atoms with E-state index < -0.39 is 0 Å². The molecule has 1 amide bonds. The summed E-state index contributed by atoms with van der Waals surface area (Å²) < 4.78 is 5.45. The van der Waals surface area contributed by atoms with Crippen molar-refractivity contribution in [3.63, 3.8) is 0 Å². The highest BCUT2D eigenvalue weighted by atomic mass is 16.5. The van der Waals surface area contributed by atoms with E-state index in [1.807, 2.05) is 42.5 Å². The lowest BCUT2D eigenvalue weighted by Gasteiger charge is -2.21. The number of carbonyl (C=O) groups is 1. The lowest BCUT2D eigenvalue weighted by atomic mass is 10.2. The molecule has 26 heavy (non-hydrogen) atoms. The predicted octanol–water partition coefficient (Wildman–Crippen LogP) is 4.50. The Hall–Kier alpha value is -3.01. The number of anilines is 2. The third-order valence-corrected chi connectivity index (χ3v) is 4.28. The highest BCUT2D eigenvalue weighted by Crippen LogP contribution is 2.28. The first-order chi connectivity index (χ1) is 12.8. The summed E-state index contributed by atoms with van der Waals surface area (Å²) in [5.41, 5.74) is 2.90. The van der Waals surface area contributed by atoms with Crippen LogP contribution in [0.25, 0.3) is 6.08 Å². The van der Waals surface area contributed by atoms with E-state index in [1.165, 1.54) is 12.8 Å². The molecule has 1 heterocycles. The van der Waals surface area contributed by atoms with E-state index in [1.54, 1.807) is 18.2 Å². The first kappa shape index (κ1) is 17.8. The zero-order valence-electron chi connectivity index (χ0n) is 14.9. The summed E-state index contributed by atoms with van der Waals surface area (Å²) in [7, 11) is 0. The third kappa shape index (κ3) is 4.76. The van der Waals surface area contributed by atoms with Crippen LogP contribution in [0.2, 0.25) is 0 Å². The Balaban J connectivity index is 1.62. The van der Waals surface area contributed by atoms with Crippen molar-refractivity contribution >= 4 is 23.4 Å². The molecular formula is C22H24N2O2. The molecule has 1 saturated heterocycles. The minimum Gasteiger partial charge on any atom is -0.490 e. The number of nitrogens with one attached hydrogen (secondary N) is 1. The fraction of sp³-hybridized carbons (Fsp3) is 0.227. The molecule has 0 unspecified atom stereocenters. The number of nitrogens with zero attached hydrogens (tertiary/aromatic N) is 1. The van der Waals surface area contributed by atoms with Crippen LogP contribution in [0.5, 0.6) is 5.75 Å². The van der Waals surface area contributed by atoms with Crippen molar-refractivity contribution in [1.29, 1.82) is 0 Å². The number of hydrogen-bond acceptors (Lipinski definition) is 3. The molecule has 0 saturated carbocycles. The smallest absolute Gasteiger partial charge is 0.248 e. The van der Waals surface area contributed by atoms with Gasteiger partial charge in [0.2, 0.25) is 5.91 Å². The van der Waals surface area contributed by atoms with Gasteiger partial charge in [-0.1, -0.05) is 36.9 Å². The number of amides is 1. The number of hydrogen-bond donors (Lipinski definition) is 1. The van der Waals surface area contributed by atoms with Crippen LogP contribution in [0.1, 0.15) is 18.4 Å². The largest absolute Gasteiger partial charge is 0.490 e. The Bertz CT molecular complexity index is 775. The normalized spacial score (nSPS) is 13.8. The summed E-state index contributed by atoms with van der Waals surface area (Å²) >= 11 is 0. The summed E-state index contributed by atoms with van der Waals surface area (Å²) in [4.78, 5) is 14.6.